The molecule has 0 rings (SSSR count). The average molecular weight is 283 g/mol. The van der Waals surface area contributed by atoms with Gasteiger partial charge in [-0.05, 0) is 0 Å². The first-order valence-electron chi connectivity index (χ1n) is 2.42. The number of hydrogen-bond acceptors (Lipinski definition) is 4. The molecular weight excluding hydrogens is 277 g/mol. The molecule has 0 saturated heterocycles. The van der Waals surface area contributed by atoms with Crippen molar-refractivity contribution in [2.75, 3.05) is 0 Å². The van der Waals surface area contributed by atoms with Crippen molar-refractivity contribution >= 4 is 24.9 Å². The molecule has 8 nitrogen and oxygen atoms in total. The molecule has 0 aliphatic carbocycles. The van der Waals surface area contributed by atoms with Gasteiger partial charge in [0.2, 0.25) is 0 Å². The van der Waals surface area contributed by atoms with E-state index in [1.807, 2.05) is 0 Å². The van der Waals surface area contributed by atoms with Crippen LogP contribution in [0.15, 0.2) is 0 Å². The van der Waals surface area contributed by atoms with E-state index < -0.39 is 18.4 Å². The minimum absolute atomic E-state index is 0. The van der Waals surface area contributed by atoms with E-state index in [9.17, 15) is 9.59 Å². The number of carboxylic acids is 2. The van der Waals surface area contributed by atoms with Crippen LogP contribution in [0, 0.1) is 0 Å². The van der Waals surface area contributed by atoms with Gasteiger partial charge in [-0.3, -0.25) is 9.59 Å². The van der Waals surface area contributed by atoms with Crippen molar-refractivity contribution in [2.45, 2.75) is 6.42 Å². The zero-order chi connectivity index (χ0) is 11.3. The number of carboxylic acid groups (broad SMARTS) is 2. The fourth-order valence-electron chi connectivity index (χ4n) is 0.129. The van der Waals surface area contributed by atoms with E-state index in [1.54, 1.807) is 0 Å². The van der Waals surface area contributed by atoms with Gasteiger partial charge in [0.25, 0.3) is 0 Å². The Bertz CT molecular complexity index is 149. The molecule has 0 aromatic rings. The van der Waals surface area contributed by atoms with Crippen molar-refractivity contribution in [3.8, 4) is 0 Å². The van der Waals surface area contributed by atoms with Crippen LogP contribution in [0.25, 0.3) is 0 Å². The van der Waals surface area contributed by atoms with Gasteiger partial charge in [0.15, 0.2) is 0 Å². The smallest absolute Gasteiger partial charge is 0.314 e. The summed E-state index contributed by atoms with van der Waals surface area (Å²) in [5, 5.41) is 28.9. The largest absolute Gasteiger partial charge is 0.665 e. The Kier molecular flexibility index (Phi) is 37.4. The second kappa shape index (κ2) is 22.7. The molecule has 0 unspecified atom stereocenters. The summed E-state index contributed by atoms with van der Waals surface area (Å²) in [4.78, 5) is 35.3. The van der Waals surface area contributed by atoms with Gasteiger partial charge in [-0.2, -0.15) is 0 Å². The summed E-state index contributed by atoms with van der Waals surface area (Å²) in [6.45, 7) is 1.00. The van der Waals surface area contributed by atoms with E-state index in [0.29, 0.717) is 12.9 Å². The Morgan fingerprint density at radius 2 is 1.07 bits per heavy atom. The molecule has 1 radical (unpaired) electrons. The zero-order valence-corrected chi connectivity index (χ0v) is 9.54. The maximum atomic E-state index is 9.43. The SMILES string of the molecule is O=C(O)CC(=O)O.O=[C-]O.O=[C-]O.[Y]. The molecule has 0 aromatic carbocycles. The second-order valence-electron chi connectivity index (χ2n) is 1.15. The van der Waals surface area contributed by atoms with Crippen molar-refractivity contribution in [1.82, 2.24) is 0 Å². The van der Waals surface area contributed by atoms with Crippen LogP contribution in [0.4, 0.5) is 0 Å². The summed E-state index contributed by atoms with van der Waals surface area (Å²) in [5.41, 5.74) is 0. The maximum absolute atomic E-state index is 9.43. The maximum Gasteiger partial charge on any atom is 0.314 e. The van der Waals surface area contributed by atoms with Crippen LogP contribution in [0.5, 0.6) is 0 Å². The van der Waals surface area contributed by atoms with Crippen LogP contribution in [0.2, 0.25) is 0 Å². The van der Waals surface area contributed by atoms with Crippen LogP contribution in [0.1, 0.15) is 6.42 Å². The Morgan fingerprint density at radius 3 is 1.07 bits per heavy atom. The molecule has 0 aliphatic rings. The predicted molar refractivity (Wildman–Crippen MR) is 36.5 cm³/mol. The molecule has 0 bridgehead atoms. The fourth-order valence-corrected chi connectivity index (χ4v) is 0.129. The summed E-state index contributed by atoms with van der Waals surface area (Å²) in [6, 6.07) is 0. The van der Waals surface area contributed by atoms with Crippen LogP contribution in [0.3, 0.4) is 0 Å². The van der Waals surface area contributed by atoms with Crippen molar-refractivity contribution in [1.29, 1.82) is 0 Å². The molecule has 0 spiro atoms. The molecular formula is C5H6O8Y-2. The van der Waals surface area contributed by atoms with Crippen LogP contribution < -0.4 is 0 Å². The Balaban J connectivity index is -0.0000000610. The van der Waals surface area contributed by atoms with Gasteiger partial charge in [-0.1, -0.05) is 12.9 Å². The minimum Gasteiger partial charge on any atom is -0.665 e. The fraction of sp³-hybridized carbons (Fsp3) is 0.200. The molecule has 4 N–H and O–H groups in total. The summed E-state index contributed by atoms with van der Waals surface area (Å²) < 4.78 is 0. The van der Waals surface area contributed by atoms with E-state index in [1.165, 1.54) is 0 Å². The van der Waals surface area contributed by atoms with Crippen LogP contribution in [-0.2, 0) is 51.9 Å². The van der Waals surface area contributed by atoms with Gasteiger partial charge in [-0.15, -0.1) is 0 Å². The van der Waals surface area contributed by atoms with Crippen molar-refractivity contribution in [3.63, 3.8) is 0 Å². The number of hydrogen-bond donors (Lipinski definition) is 4. The number of carbonyl (C=O) groups is 2. The summed E-state index contributed by atoms with van der Waals surface area (Å²) in [6.07, 6.45) is -0.806. The monoisotopic (exact) mass is 283 g/mol. The van der Waals surface area contributed by atoms with E-state index in [2.05, 4.69) is 0 Å². The third-order valence-corrected chi connectivity index (χ3v) is 0.302. The second-order valence-corrected chi connectivity index (χ2v) is 1.15. The summed E-state index contributed by atoms with van der Waals surface area (Å²) >= 11 is 0. The molecule has 0 heterocycles. The summed E-state index contributed by atoms with van der Waals surface area (Å²) in [5.74, 6) is -2.62. The molecule has 0 saturated carbocycles. The predicted octanol–water partition coefficient (Wildman–Crippen LogP) is -1.23. The first kappa shape index (κ1) is 23.1. The molecule has 0 aromatic heterocycles. The molecule has 0 amide bonds. The van der Waals surface area contributed by atoms with Crippen molar-refractivity contribution in [2.24, 2.45) is 0 Å². The van der Waals surface area contributed by atoms with E-state index in [-0.39, 0.29) is 32.7 Å². The quantitative estimate of drug-likeness (QED) is 0.363. The third-order valence-electron chi connectivity index (χ3n) is 0.302. The van der Waals surface area contributed by atoms with Gasteiger partial charge < -0.3 is 30.0 Å². The van der Waals surface area contributed by atoms with Crippen LogP contribution in [-0.4, -0.2) is 45.3 Å². The van der Waals surface area contributed by atoms with Gasteiger partial charge >= 0.3 is 11.9 Å². The number of aliphatic hydroxyl groups excluding tert-OH is 2. The third kappa shape index (κ3) is 123. The zero-order valence-electron chi connectivity index (χ0n) is 6.71. The van der Waals surface area contributed by atoms with Gasteiger partial charge in [-0.25, -0.2) is 0 Å². The Hall–Kier alpha value is -1.02. The average Bonchev–Trinajstić information content (AvgIpc) is 1.86. The Labute approximate surface area is 103 Å². The normalized spacial score (nSPS) is 5.71. The van der Waals surface area contributed by atoms with E-state index in [0.717, 1.165) is 0 Å². The van der Waals surface area contributed by atoms with Gasteiger partial charge in [0.1, 0.15) is 6.42 Å². The van der Waals surface area contributed by atoms with Gasteiger partial charge in [0.05, 0.1) is 0 Å². The van der Waals surface area contributed by atoms with Crippen LogP contribution >= 0.6 is 0 Å². The number of rotatable bonds is 2. The molecule has 79 valence electrons. The minimum atomic E-state index is -1.31. The first-order chi connectivity index (χ1) is 5.95. The number of aliphatic carboxylic acids is 2. The van der Waals surface area contributed by atoms with E-state index in [4.69, 9.17) is 30.0 Å². The molecule has 0 aliphatic heterocycles. The molecule has 0 atom stereocenters. The Morgan fingerprint density at radius 1 is 0.929 bits per heavy atom. The van der Waals surface area contributed by atoms with Gasteiger partial charge in [0, 0.05) is 32.7 Å². The standard InChI is InChI=1S/C3H4O4.2CHO2.Y/c4-2(5)1-3(6)7;2*2-1-3;/h1H2,(H,4,5)(H,6,7);2*(H,2,3);/q;2*-1;. The molecule has 0 fully saturated rings. The molecule has 14 heavy (non-hydrogen) atoms. The van der Waals surface area contributed by atoms with Crippen molar-refractivity contribution in [3.05, 3.63) is 0 Å². The van der Waals surface area contributed by atoms with E-state index >= 15 is 0 Å². The van der Waals surface area contributed by atoms with Crippen molar-refractivity contribution < 1.29 is 72.3 Å². The summed E-state index contributed by atoms with van der Waals surface area (Å²) in [7, 11) is 0. The first-order valence-corrected chi connectivity index (χ1v) is 2.42. The molecule has 9 heteroatoms. The topological polar surface area (TPSA) is 149 Å².